The largest absolute Gasteiger partial charge is 0.505 e. The van der Waals surface area contributed by atoms with E-state index in [0.717, 1.165) is 11.6 Å². The van der Waals surface area contributed by atoms with Gasteiger partial charge in [-0.15, -0.1) is 10.2 Å². The van der Waals surface area contributed by atoms with Gasteiger partial charge in [0.2, 0.25) is 5.91 Å². The summed E-state index contributed by atoms with van der Waals surface area (Å²) in [5.74, 6) is -1.08. The van der Waals surface area contributed by atoms with Gasteiger partial charge >= 0.3 is 0 Å². The molecule has 0 heterocycles. The maximum atomic E-state index is 12.2. The molecule has 192 valence electrons. The number of anilines is 1. The van der Waals surface area contributed by atoms with E-state index in [9.17, 15) is 35.8 Å². The second-order valence-corrected chi connectivity index (χ2v) is 11.1. The molecule has 0 bridgehead atoms. The molecule has 0 aliphatic carbocycles. The van der Waals surface area contributed by atoms with Crippen LogP contribution in [0.1, 0.15) is 18.1 Å². The van der Waals surface area contributed by atoms with Crippen LogP contribution < -0.4 is 5.32 Å². The molecular weight excluding hydrogens is 522 g/mol. The smallest absolute Gasteiger partial charge is 0.297 e. The Bertz CT molecular complexity index is 1870. The summed E-state index contributed by atoms with van der Waals surface area (Å²) in [6.45, 7) is 4.53. The lowest BCUT2D eigenvalue weighted by Crippen LogP contribution is -2.08. The second-order valence-electron chi connectivity index (χ2n) is 8.39. The van der Waals surface area contributed by atoms with Crippen LogP contribution in [0.5, 0.6) is 5.75 Å². The second kappa shape index (κ2) is 9.19. The van der Waals surface area contributed by atoms with Crippen molar-refractivity contribution < 1.29 is 35.8 Å². The van der Waals surface area contributed by atoms with E-state index in [1.54, 1.807) is 18.2 Å². The minimum Gasteiger partial charge on any atom is -0.505 e. The van der Waals surface area contributed by atoms with Crippen LogP contribution in [0.3, 0.4) is 0 Å². The SMILES string of the molecule is CC(=O)Nc1ccc(S(=O)(=O)O)c2cc(C)c(N=Nc3ccc4cc(C)ccc4c3S(=O)(=O)O)c(O)c12. The number of benzene rings is 4. The van der Waals surface area contributed by atoms with Crippen LogP contribution in [-0.2, 0) is 25.0 Å². The lowest BCUT2D eigenvalue weighted by atomic mass is 10.0. The first kappa shape index (κ1) is 26.2. The molecule has 0 fully saturated rings. The molecule has 0 atom stereocenters. The molecule has 4 aromatic rings. The van der Waals surface area contributed by atoms with Gasteiger partial charge in [0.25, 0.3) is 20.2 Å². The third-order valence-electron chi connectivity index (χ3n) is 5.61. The van der Waals surface area contributed by atoms with Crippen molar-refractivity contribution in [2.24, 2.45) is 10.2 Å². The van der Waals surface area contributed by atoms with E-state index in [-0.39, 0.29) is 38.8 Å². The molecule has 1 amide bonds. The van der Waals surface area contributed by atoms with Crippen LogP contribution in [-0.4, -0.2) is 37.0 Å². The molecular formula is C24H21N3O8S2. The zero-order valence-corrected chi connectivity index (χ0v) is 21.3. The fourth-order valence-corrected chi connectivity index (χ4v) is 5.61. The molecule has 13 heteroatoms. The summed E-state index contributed by atoms with van der Waals surface area (Å²) in [5.41, 5.74) is 0.787. The summed E-state index contributed by atoms with van der Waals surface area (Å²) >= 11 is 0. The number of amides is 1. The Balaban J connectivity index is 1.99. The average Bonchev–Trinajstić information content (AvgIpc) is 2.76. The topological polar surface area (TPSA) is 183 Å². The third kappa shape index (κ3) is 5.02. The van der Waals surface area contributed by atoms with Crippen LogP contribution in [0.25, 0.3) is 21.5 Å². The van der Waals surface area contributed by atoms with E-state index in [1.807, 2.05) is 6.92 Å². The van der Waals surface area contributed by atoms with Crippen LogP contribution in [0.2, 0.25) is 0 Å². The minimum atomic E-state index is -4.73. The number of aromatic hydroxyl groups is 1. The van der Waals surface area contributed by atoms with Gasteiger partial charge in [-0.25, -0.2) is 0 Å². The highest BCUT2D eigenvalue weighted by Gasteiger charge is 2.23. The van der Waals surface area contributed by atoms with Crippen LogP contribution >= 0.6 is 0 Å². The molecule has 0 spiro atoms. The molecule has 0 unspecified atom stereocenters. The number of phenols is 1. The summed E-state index contributed by atoms with van der Waals surface area (Å²) < 4.78 is 67.9. The standard InChI is InChI=1S/C24H21N3O8S2/c1-12-4-6-16-15(10-12)5-7-19(24(16)37(33,34)35)26-27-22-13(2)11-17-20(36(30,31)32)9-8-18(25-14(3)28)21(17)23(22)29/h4-11,29H,1-3H3,(H,25,28)(H,30,31,32)(H,33,34,35). The van der Waals surface area contributed by atoms with Crippen molar-refractivity contribution in [2.45, 2.75) is 30.6 Å². The number of aryl methyl sites for hydroxylation is 2. The summed E-state index contributed by atoms with van der Waals surface area (Å²) in [5, 5.41) is 22.1. The third-order valence-corrected chi connectivity index (χ3v) is 7.47. The summed E-state index contributed by atoms with van der Waals surface area (Å²) in [7, 11) is -9.43. The number of azo groups is 1. The maximum Gasteiger partial charge on any atom is 0.297 e. The van der Waals surface area contributed by atoms with E-state index in [1.165, 1.54) is 38.1 Å². The van der Waals surface area contributed by atoms with Crippen LogP contribution in [0.15, 0.2) is 68.6 Å². The Morgan fingerprint density at radius 3 is 2.19 bits per heavy atom. The van der Waals surface area contributed by atoms with Gasteiger partial charge in [-0.1, -0.05) is 29.8 Å². The fraction of sp³-hybridized carbons (Fsp3) is 0.125. The molecule has 37 heavy (non-hydrogen) atoms. The molecule has 0 radical (unpaired) electrons. The van der Waals surface area contributed by atoms with Gasteiger partial charge in [-0.3, -0.25) is 13.9 Å². The zero-order chi connectivity index (χ0) is 27.3. The molecule has 0 aliphatic rings. The predicted octanol–water partition coefficient (Wildman–Crippen LogP) is 5.18. The number of rotatable bonds is 5. The highest BCUT2D eigenvalue weighted by Crippen LogP contribution is 2.45. The molecule has 0 aromatic heterocycles. The molecule has 4 aromatic carbocycles. The molecule has 4 rings (SSSR count). The number of nitrogens with zero attached hydrogens (tertiary/aromatic N) is 2. The van der Waals surface area contributed by atoms with Crippen molar-refractivity contribution >= 4 is 64.8 Å². The van der Waals surface area contributed by atoms with E-state index in [0.29, 0.717) is 5.39 Å². The van der Waals surface area contributed by atoms with Gasteiger partial charge in [-0.05, 0) is 49.1 Å². The van der Waals surface area contributed by atoms with Gasteiger partial charge in [0.1, 0.15) is 21.2 Å². The van der Waals surface area contributed by atoms with Gasteiger partial charge in [-0.2, -0.15) is 16.8 Å². The van der Waals surface area contributed by atoms with Crippen molar-refractivity contribution in [3.05, 3.63) is 59.7 Å². The fourth-order valence-electron chi connectivity index (χ4n) is 4.10. The lowest BCUT2D eigenvalue weighted by molar-refractivity contribution is -0.114. The Hall–Kier alpha value is -3.91. The van der Waals surface area contributed by atoms with Crippen molar-refractivity contribution in [3.63, 3.8) is 0 Å². The number of hydrogen-bond donors (Lipinski definition) is 4. The Morgan fingerprint density at radius 1 is 0.865 bits per heavy atom. The zero-order valence-electron chi connectivity index (χ0n) is 19.7. The maximum absolute atomic E-state index is 12.2. The molecule has 0 aliphatic heterocycles. The normalized spacial score (nSPS) is 12.5. The predicted molar refractivity (Wildman–Crippen MR) is 137 cm³/mol. The van der Waals surface area contributed by atoms with Crippen molar-refractivity contribution in [1.82, 2.24) is 0 Å². The highest BCUT2D eigenvalue weighted by molar-refractivity contribution is 7.86. The van der Waals surface area contributed by atoms with Crippen LogP contribution in [0.4, 0.5) is 17.1 Å². The monoisotopic (exact) mass is 543 g/mol. The van der Waals surface area contributed by atoms with E-state index >= 15 is 0 Å². The number of hydrogen-bond acceptors (Lipinski definition) is 8. The number of carbonyl (C=O) groups is 1. The Labute approximate surface area is 212 Å². The molecule has 0 saturated heterocycles. The minimum absolute atomic E-state index is 0.0450. The quantitative estimate of drug-likeness (QED) is 0.196. The van der Waals surface area contributed by atoms with E-state index < -0.39 is 41.7 Å². The Morgan fingerprint density at radius 2 is 1.57 bits per heavy atom. The van der Waals surface area contributed by atoms with Crippen molar-refractivity contribution in [1.29, 1.82) is 0 Å². The summed E-state index contributed by atoms with van der Waals surface area (Å²) in [6.07, 6.45) is 0. The number of nitrogens with one attached hydrogen (secondary N) is 1. The van der Waals surface area contributed by atoms with Gasteiger partial charge in [0.05, 0.1) is 11.1 Å². The first-order valence-electron chi connectivity index (χ1n) is 10.7. The lowest BCUT2D eigenvalue weighted by Gasteiger charge is -2.14. The van der Waals surface area contributed by atoms with Crippen molar-refractivity contribution in [3.8, 4) is 5.75 Å². The van der Waals surface area contributed by atoms with Gasteiger partial charge in [0.15, 0.2) is 5.75 Å². The summed E-state index contributed by atoms with van der Waals surface area (Å²) in [4.78, 5) is 10.7. The highest BCUT2D eigenvalue weighted by atomic mass is 32.2. The van der Waals surface area contributed by atoms with Crippen molar-refractivity contribution in [2.75, 3.05) is 5.32 Å². The van der Waals surface area contributed by atoms with Crippen LogP contribution in [0, 0.1) is 13.8 Å². The average molecular weight is 544 g/mol. The first-order valence-corrected chi connectivity index (χ1v) is 13.5. The summed E-state index contributed by atoms with van der Waals surface area (Å²) in [6, 6.07) is 11.5. The molecule has 4 N–H and O–H groups in total. The Kier molecular flexibility index (Phi) is 6.50. The van der Waals surface area contributed by atoms with Gasteiger partial charge < -0.3 is 10.4 Å². The molecule has 0 saturated carbocycles. The van der Waals surface area contributed by atoms with E-state index in [2.05, 4.69) is 15.5 Å². The number of phenolic OH excluding ortho intramolecular Hbond substituents is 1. The van der Waals surface area contributed by atoms with E-state index in [4.69, 9.17) is 0 Å². The first-order chi connectivity index (χ1) is 17.2. The number of fused-ring (bicyclic) bond motifs is 2. The number of carbonyl (C=O) groups excluding carboxylic acids is 1. The molecule has 11 nitrogen and oxygen atoms in total. The van der Waals surface area contributed by atoms with Gasteiger partial charge in [0, 0.05) is 17.7 Å².